The van der Waals surface area contributed by atoms with Gasteiger partial charge < -0.3 is 5.32 Å². The van der Waals surface area contributed by atoms with E-state index in [1.165, 1.54) is 12.1 Å². The second kappa shape index (κ2) is 5.95. The normalized spacial score (nSPS) is 10.4. The summed E-state index contributed by atoms with van der Waals surface area (Å²) in [6.07, 6.45) is 0. The summed E-state index contributed by atoms with van der Waals surface area (Å²) in [6, 6.07) is 16.4. The number of hydrogen-bond acceptors (Lipinski definition) is 5. The lowest BCUT2D eigenvalue weighted by molar-refractivity contribution is -0.384. The molecule has 0 aliphatic rings. The van der Waals surface area contributed by atoms with E-state index in [-0.39, 0.29) is 5.69 Å². The highest BCUT2D eigenvalue weighted by molar-refractivity contribution is 7.19. The number of nitrogens with one attached hydrogen (secondary N) is 1. The summed E-state index contributed by atoms with van der Waals surface area (Å²) in [5, 5.41) is 14.6. The van der Waals surface area contributed by atoms with E-state index in [1.807, 2.05) is 25.1 Å². The van der Waals surface area contributed by atoms with E-state index in [2.05, 4.69) is 22.4 Å². The minimum absolute atomic E-state index is 0.0749. The quantitative estimate of drug-likeness (QED) is 0.556. The highest BCUT2D eigenvalue weighted by Gasteiger charge is 2.10. The lowest BCUT2D eigenvalue weighted by Gasteiger charge is -2.01. The van der Waals surface area contributed by atoms with Gasteiger partial charge in [-0.05, 0) is 24.6 Å². The maximum atomic E-state index is 10.7. The Morgan fingerprint density at radius 1 is 1.09 bits per heavy atom. The Morgan fingerprint density at radius 3 is 2.41 bits per heavy atom. The second-order valence-electron chi connectivity index (χ2n) is 4.73. The van der Waals surface area contributed by atoms with Gasteiger partial charge in [-0.3, -0.25) is 10.1 Å². The fourth-order valence-corrected chi connectivity index (χ4v) is 3.09. The number of thiazole rings is 1. The van der Waals surface area contributed by atoms with Crippen molar-refractivity contribution in [1.82, 2.24) is 4.98 Å². The third-order valence-corrected chi connectivity index (χ3v) is 4.28. The van der Waals surface area contributed by atoms with Gasteiger partial charge in [-0.1, -0.05) is 41.7 Å². The van der Waals surface area contributed by atoms with Crippen molar-refractivity contribution in [2.75, 3.05) is 5.32 Å². The molecule has 1 heterocycles. The van der Waals surface area contributed by atoms with Crippen molar-refractivity contribution in [3.05, 3.63) is 70.4 Å². The minimum Gasteiger partial charge on any atom is -0.332 e. The number of nitro benzene ring substituents is 1. The molecule has 2 aromatic carbocycles. The van der Waals surface area contributed by atoms with Gasteiger partial charge in [0, 0.05) is 17.8 Å². The van der Waals surface area contributed by atoms with E-state index in [1.54, 1.807) is 23.5 Å². The van der Waals surface area contributed by atoms with Gasteiger partial charge in [-0.2, -0.15) is 0 Å². The van der Waals surface area contributed by atoms with Crippen LogP contribution in [0.1, 0.15) is 5.69 Å². The number of nitrogens with zero attached hydrogens (tertiary/aromatic N) is 2. The first-order valence-corrected chi connectivity index (χ1v) is 7.49. The number of rotatable bonds is 4. The van der Waals surface area contributed by atoms with Crippen LogP contribution >= 0.6 is 11.3 Å². The van der Waals surface area contributed by atoms with Gasteiger partial charge in [0.2, 0.25) is 0 Å². The minimum atomic E-state index is -0.412. The van der Waals surface area contributed by atoms with E-state index in [0.29, 0.717) is 0 Å². The molecule has 0 bridgehead atoms. The average molecular weight is 311 g/mol. The third kappa shape index (κ3) is 2.96. The summed E-state index contributed by atoms with van der Waals surface area (Å²) in [4.78, 5) is 15.9. The number of non-ortho nitro benzene ring substituents is 1. The van der Waals surface area contributed by atoms with Crippen molar-refractivity contribution >= 4 is 27.8 Å². The summed E-state index contributed by atoms with van der Waals surface area (Å²) in [7, 11) is 0. The molecule has 0 saturated heterocycles. The maximum Gasteiger partial charge on any atom is 0.269 e. The highest BCUT2D eigenvalue weighted by atomic mass is 32.1. The molecule has 110 valence electrons. The summed E-state index contributed by atoms with van der Waals surface area (Å²) >= 11 is 1.56. The van der Waals surface area contributed by atoms with Crippen LogP contribution in [0.25, 0.3) is 10.4 Å². The molecule has 0 fully saturated rings. The monoisotopic (exact) mass is 311 g/mol. The fourth-order valence-electron chi connectivity index (χ4n) is 2.10. The van der Waals surface area contributed by atoms with Gasteiger partial charge in [0.1, 0.15) is 0 Å². The molecule has 6 heteroatoms. The molecule has 1 aromatic heterocycles. The summed E-state index contributed by atoms with van der Waals surface area (Å²) in [6.45, 7) is 1.97. The zero-order chi connectivity index (χ0) is 15.5. The molecule has 0 radical (unpaired) electrons. The predicted molar refractivity (Wildman–Crippen MR) is 88.7 cm³/mol. The number of aryl methyl sites for hydroxylation is 1. The van der Waals surface area contributed by atoms with Crippen LogP contribution in [0.5, 0.6) is 0 Å². The molecule has 0 atom stereocenters. The molecule has 1 N–H and O–H groups in total. The van der Waals surface area contributed by atoms with E-state index in [9.17, 15) is 10.1 Å². The largest absolute Gasteiger partial charge is 0.332 e. The first kappa shape index (κ1) is 14.2. The Hall–Kier alpha value is -2.73. The number of anilines is 2. The van der Waals surface area contributed by atoms with Crippen molar-refractivity contribution in [2.24, 2.45) is 0 Å². The topological polar surface area (TPSA) is 68.1 Å². The predicted octanol–water partition coefficient (Wildman–Crippen LogP) is 4.77. The van der Waals surface area contributed by atoms with Crippen LogP contribution in [0.2, 0.25) is 0 Å². The Bertz CT molecular complexity index is 798. The first-order valence-electron chi connectivity index (χ1n) is 6.68. The van der Waals surface area contributed by atoms with Crippen LogP contribution in [0, 0.1) is 17.0 Å². The molecule has 0 aliphatic carbocycles. The molecule has 22 heavy (non-hydrogen) atoms. The van der Waals surface area contributed by atoms with Gasteiger partial charge in [0.25, 0.3) is 5.69 Å². The Morgan fingerprint density at radius 2 is 1.77 bits per heavy atom. The smallest absolute Gasteiger partial charge is 0.269 e. The lowest BCUT2D eigenvalue weighted by atomic mass is 10.2. The van der Waals surface area contributed by atoms with Crippen LogP contribution in [-0.4, -0.2) is 9.91 Å². The lowest BCUT2D eigenvalue weighted by Crippen LogP contribution is -1.91. The standard InChI is InChI=1S/C16H13N3O2S/c1-11-15(12-5-3-2-4-6-12)22-16(17-11)18-13-7-9-14(10-8-13)19(20)21/h2-10H,1H3,(H,17,18). The summed E-state index contributed by atoms with van der Waals surface area (Å²) < 4.78 is 0. The molecule has 0 unspecified atom stereocenters. The molecule has 0 saturated carbocycles. The molecule has 5 nitrogen and oxygen atoms in total. The zero-order valence-corrected chi connectivity index (χ0v) is 12.6. The summed E-state index contributed by atoms with van der Waals surface area (Å²) in [5.41, 5.74) is 2.94. The van der Waals surface area contributed by atoms with E-state index in [4.69, 9.17) is 0 Å². The molecule has 0 spiro atoms. The van der Waals surface area contributed by atoms with Crippen molar-refractivity contribution in [2.45, 2.75) is 6.92 Å². The number of hydrogen-bond donors (Lipinski definition) is 1. The SMILES string of the molecule is Cc1nc(Nc2ccc([N+](=O)[O-])cc2)sc1-c1ccccc1. The number of benzene rings is 2. The van der Waals surface area contributed by atoms with E-state index >= 15 is 0 Å². The molecule has 3 rings (SSSR count). The van der Waals surface area contributed by atoms with Gasteiger partial charge in [-0.25, -0.2) is 4.98 Å². The van der Waals surface area contributed by atoms with Crippen molar-refractivity contribution in [3.63, 3.8) is 0 Å². The highest BCUT2D eigenvalue weighted by Crippen LogP contribution is 2.34. The Balaban J connectivity index is 1.83. The van der Waals surface area contributed by atoms with Crippen LogP contribution in [0.4, 0.5) is 16.5 Å². The second-order valence-corrected chi connectivity index (χ2v) is 5.73. The van der Waals surface area contributed by atoms with E-state index in [0.717, 1.165) is 27.0 Å². The first-order chi connectivity index (χ1) is 10.6. The number of aromatic nitrogens is 1. The van der Waals surface area contributed by atoms with Gasteiger partial charge in [0.15, 0.2) is 5.13 Å². The third-order valence-electron chi connectivity index (χ3n) is 3.16. The molecular formula is C16H13N3O2S. The Labute approximate surface area is 131 Å². The van der Waals surface area contributed by atoms with E-state index < -0.39 is 4.92 Å². The molecule has 0 amide bonds. The molecular weight excluding hydrogens is 298 g/mol. The van der Waals surface area contributed by atoms with Crippen molar-refractivity contribution in [1.29, 1.82) is 0 Å². The molecule has 0 aliphatic heterocycles. The summed E-state index contributed by atoms with van der Waals surface area (Å²) in [5.74, 6) is 0. The van der Waals surface area contributed by atoms with Crippen LogP contribution < -0.4 is 5.32 Å². The van der Waals surface area contributed by atoms with Crippen molar-refractivity contribution < 1.29 is 4.92 Å². The molecule has 3 aromatic rings. The van der Waals surface area contributed by atoms with Crippen LogP contribution in [0.3, 0.4) is 0 Å². The number of nitro groups is 1. The van der Waals surface area contributed by atoms with Crippen LogP contribution in [0.15, 0.2) is 54.6 Å². The average Bonchev–Trinajstić information content (AvgIpc) is 2.89. The van der Waals surface area contributed by atoms with Crippen molar-refractivity contribution in [3.8, 4) is 10.4 Å². The van der Waals surface area contributed by atoms with Crippen LogP contribution in [-0.2, 0) is 0 Å². The zero-order valence-electron chi connectivity index (χ0n) is 11.8. The maximum absolute atomic E-state index is 10.7. The fraction of sp³-hybridized carbons (Fsp3) is 0.0625. The Kier molecular flexibility index (Phi) is 3.84. The van der Waals surface area contributed by atoms with Gasteiger partial charge in [0.05, 0.1) is 15.5 Å². The van der Waals surface area contributed by atoms with Gasteiger partial charge in [-0.15, -0.1) is 0 Å². The van der Waals surface area contributed by atoms with Gasteiger partial charge >= 0.3 is 0 Å².